The van der Waals surface area contributed by atoms with Crippen LogP contribution in [0.1, 0.15) is 20.8 Å². The molecular formula is C9H17N3O4. The molecule has 0 amide bonds. The van der Waals surface area contributed by atoms with E-state index in [4.69, 9.17) is 7.12 Å². The first-order chi connectivity index (χ1) is 9.78. The van der Waals surface area contributed by atoms with Crippen molar-refractivity contribution in [3.05, 3.63) is 0 Å². The normalized spacial score (nSPS) is 22.9. The van der Waals surface area contributed by atoms with Gasteiger partial charge in [0, 0.05) is 0 Å². The van der Waals surface area contributed by atoms with Crippen molar-refractivity contribution >= 4 is 17.8 Å². The molecule has 5 N–H and O–H groups in total. The maximum atomic E-state index is 11.1. The third-order valence-electron chi connectivity index (χ3n) is 1.70. The quantitative estimate of drug-likeness (QED) is 0.296. The fraction of sp³-hybridized carbons (Fsp3) is 0.667. The highest BCUT2D eigenvalue weighted by Gasteiger charge is 2.15. The average molecular weight is 237 g/mol. The van der Waals surface area contributed by atoms with Gasteiger partial charge in [-0.15, -0.1) is 0 Å². The van der Waals surface area contributed by atoms with Gasteiger partial charge in [-0.1, -0.05) is 0 Å². The zero-order chi connectivity index (χ0) is 16.6. The number of carboxylic acid groups (broad SMARTS) is 1. The molecule has 0 bridgehead atoms. The summed E-state index contributed by atoms with van der Waals surface area (Å²) < 4.78 is 34.4. The van der Waals surface area contributed by atoms with Gasteiger partial charge < -0.3 is 21.0 Å². The standard InChI is InChI=1S/C9H17N3O4/c1-4(10)7(13)11-5(2)8(14)12-6(3)9(15)16/h4-6H,10H2,1-3H3,(H,11,13)(H,12,14)(H,15,16)/t4-,5+,6+/m0/s1/i8+1/hD5. The molecule has 0 aliphatic rings. The van der Waals surface area contributed by atoms with E-state index in [0.29, 0.717) is 5.72 Å². The van der Waals surface area contributed by atoms with Gasteiger partial charge >= 0.3 is 5.97 Å². The van der Waals surface area contributed by atoms with E-state index < -0.39 is 24.1 Å². The van der Waals surface area contributed by atoms with Crippen molar-refractivity contribution in [1.82, 2.24) is 0 Å². The van der Waals surface area contributed by atoms with Crippen LogP contribution in [0.4, 0.5) is 0 Å². The number of carboxylic acids is 1. The molecule has 0 rings (SSSR count). The zero-order valence-electron chi connectivity index (χ0n) is 14.2. The van der Waals surface area contributed by atoms with Crippen LogP contribution in [0.15, 0.2) is 9.98 Å². The Hall–Kier alpha value is -1.63. The molecule has 16 heavy (non-hydrogen) atoms. The molecule has 0 saturated heterocycles. The first-order valence-corrected chi connectivity index (χ1v) is 4.64. The lowest BCUT2D eigenvalue weighted by Gasteiger charge is -2.09. The number of rotatable bonds is 6. The number of aliphatic carboxylic acids is 1. The van der Waals surface area contributed by atoms with Gasteiger partial charge in [-0.25, -0.2) is 14.8 Å². The third-order valence-corrected chi connectivity index (χ3v) is 1.70. The number of aliphatic imine (C=N–C) groups is 2. The van der Waals surface area contributed by atoms with Crippen LogP contribution in [0.5, 0.6) is 0 Å². The SMILES string of the molecule is [2H]OC(=O)[C@@H](C)N=[13C](O[2H])[C@@H](C)N=C(O[2H])[C@H](C)N([2H])[2H]. The molecule has 0 radical (unpaired) electrons. The van der Waals surface area contributed by atoms with Gasteiger partial charge in [0.15, 0.2) is 5.90 Å². The van der Waals surface area contributed by atoms with E-state index in [1.54, 1.807) is 0 Å². The molecular weight excluding hydrogens is 215 g/mol. The Morgan fingerprint density at radius 3 is 2.31 bits per heavy atom. The van der Waals surface area contributed by atoms with Crippen molar-refractivity contribution in [1.29, 1.82) is 4.29 Å². The fourth-order valence-electron chi connectivity index (χ4n) is 0.705. The smallest absolute Gasteiger partial charge is 0.328 e. The van der Waals surface area contributed by atoms with Crippen LogP contribution in [0.3, 0.4) is 0 Å². The lowest BCUT2D eigenvalue weighted by Crippen LogP contribution is -2.29. The summed E-state index contributed by atoms with van der Waals surface area (Å²) in [4.78, 5) is 18.7. The Labute approximate surface area is 101 Å². The molecule has 0 aliphatic carbocycles. The minimum absolute atomic E-state index is 0.257. The summed E-state index contributed by atoms with van der Waals surface area (Å²) in [6, 6.07) is -2.89. The van der Waals surface area contributed by atoms with Crippen molar-refractivity contribution in [3.8, 4) is 0 Å². The molecule has 0 aliphatic heterocycles. The summed E-state index contributed by atoms with van der Waals surface area (Å²) in [5.74, 6) is -1.46. The molecule has 0 fully saturated rings. The first-order valence-electron chi connectivity index (χ1n) is 6.76. The maximum absolute atomic E-state index is 11.1. The number of aliphatic hydroxyl groups excluding tert-OH is 2. The third kappa shape index (κ3) is 4.74. The van der Waals surface area contributed by atoms with E-state index in [1.165, 1.54) is 20.8 Å². The summed E-state index contributed by atoms with van der Waals surface area (Å²) in [5.41, 5.74) is 0.290. The predicted octanol–water partition coefficient (Wildman–Crippen LogP) is 0.108. The number of hydrogen-bond acceptors (Lipinski definition) is 7. The van der Waals surface area contributed by atoms with Crippen molar-refractivity contribution in [3.63, 3.8) is 0 Å². The van der Waals surface area contributed by atoms with Gasteiger partial charge in [-0.05, 0) is 20.8 Å². The molecule has 0 heterocycles. The number of nitrogens with two attached hydrogens (primary N) is 1. The van der Waals surface area contributed by atoms with Gasteiger partial charge in [0.1, 0.15) is 14.9 Å². The van der Waals surface area contributed by atoms with Crippen molar-refractivity contribution < 1.29 is 22.9 Å². The summed E-state index contributed by atoms with van der Waals surface area (Å²) >= 11 is 0. The highest BCUT2D eigenvalue weighted by Crippen LogP contribution is 1.98. The molecule has 7 heteroatoms. The highest BCUT2D eigenvalue weighted by molar-refractivity contribution is 5.87. The van der Waals surface area contributed by atoms with Crippen LogP contribution < -0.4 is 5.72 Å². The Morgan fingerprint density at radius 2 is 1.81 bits per heavy atom. The molecule has 0 aromatic carbocycles. The second-order valence-electron chi connectivity index (χ2n) is 3.28. The van der Waals surface area contributed by atoms with Gasteiger partial charge in [0.05, 0.1) is 6.04 Å². The molecule has 3 atom stereocenters. The summed E-state index contributed by atoms with van der Waals surface area (Å²) in [5, 5.41) is 12.2. The van der Waals surface area contributed by atoms with Crippen LogP contribution in [0.2, 0.25) is 2.82 Å². The van der Waals surface area contributed by atoms with E-state index in [1.807, 2.05) is 0 Å². The summed E-state index contributed by atoms with van der Waals surface area (Å²) in [7, 11) is 0. The lowest BCUT2D eigenvalue weighted by molar-refractivity contribution is -0.138. The van der Waals surface area contributed by atoms with Crippen molar-refractivity contribution in [2.24, 2.45) is 15.7 Å². The topological polar surface area (TPSA) is 128 Å². The monoisotopic (exact) mass is 237 g/mol. The van der Waals surface area contributed by atoms with Gasteiger partial charge in [0.2, 0.25) is 5.90 Å². The molecule has 0 aromatic heterocycles. The van der Waals surface area contributed by atoms with Crippen LogP contribution in [0, 0.1) is 0 Å². The second-order valence-corrected chi connectivity index (χ2v) is 3.28. The molecule has 7 nitrogen and oxygen atoms in total. The number of nitrogens with zero attached hydrogens (tertiary/aromatic N) is 2. The second kappa shape index (κ2) is 6.06. The zero-order valence-corrected chi connectivity index (χ0v) is 9.21. The van der Waals surface area contributed by atoms with Crippen molar-refractivity contribution in [2.75, 3.05) is 0 Å². The van der Waals surface area contributed by atoms with Gasteiger partial charge in [-0.3, -0.25) is 0 Å². The van der Waals surface area contributed by atoms with Crippen molar-refractivity contribution in [2.45, 2.75) is 38.9 Å². The summed E-state index contributed by atoms with van der Waals surface area (Å²) in [6.07, 6.45) is 0. The molecule has 92 valence electrons. The van der Waals surface area contributed by atoms with E-state index >= 15 is 0 Å². The maximum Gasteiger partial charge on any atom is 0.328 e. The molecule has 0 spiro atoms. The molecule has 0 aromatic rings. The Balaban J connectivity index is 5.20. The lowest BCUT2D eigenvalue weighted by atomic mass is 10.3. The van der Waals surface area contributed by atoms with Crippen LogP contribution in [-0.2, 0) is 4.79 Å². The van der Waals surface area contributed by atoms with Crippen LogP contribution in [-0.4, -0.2) is 51.2 Å². The molecule has 0 saturated carbocycles. The number of aliphatic hydroxyl groups is 2. The largest absolute Gasteiger partial charge is 0.495 e. The average Bonchev–Trinajstić information content (AvgIpc) is 2.47. The van der Waals surface area contributed by atoms with E-state index in [0.717, 1.165) is 0 Å². The Bertz CT molecular complexity index is 407. The molecule has 0 unspecified atom stereocenters. The van der Waals surface area contributed by atoms with E-state index in [-0.39, 0.29) is 11.8 Å². The first kappa shape index (κ1) is 7.61. The minimum Gasteiger partial charge on any atom is -0.495 e. The minimum atomic E-state index is -1.07. The number of carbonyl (C=O) groups is 1. The van der Waals surface area contributed by atoms with E-state index in [9.17, 15) is 4.79 Å². The van der Waals surface area contributed by atoms with Gasteiger partial charge in [0.25, 0.3) is 4.29 Å². The van der Waals surface area contributed by atoms with Crippen LogP contribution in [0.25, 0.3) is 4.29 Å². The number of hydrogen-bond donors (Lipinski definition) is 4. The van der Waals surface area contributed by atoms with E-state index in [2.05, 4.69) is 25.3 Å². The van der Waals surface area contributed by atoms with Crippen LogP contribution >= 0.6 is 0 Å². The van der Waals surface area contributed by atoms with Gasteiger partial charge in [-0.2, -0.15) is 0 Å². The Morgan fingerprint density at radius 1 is 1.19 bits per heavy atom. The highest BCUT2D eigenvalue weighted by atomic mass is 16.4. The fourth-order valence-corrected chi connectivity index (χ4v) is 0.705. The Kier molecular flexibility index (Phi) is 2.88. The predicted molar refractivity (Wildman–Crippen MR) is 60.3 cm³/mol. The summed E-state index contributed by atoms with van der Waals surface area (Å²) in [6.45, 7) is 4.21.